The highest BCUT2D eigenvalue weighted by Gasteiger charge is 2.29. The van der Waals surface area contributed by atoms with E-state index in [1.54, 1.807) is 18.9 Å². The fraction of sp³-hybridized carbons (Fsp3) is 0.375. The van der Waals surface area contributed by atoms with Crippen LogP contribution in [0.15, 0.2) is 23.1 Å². The van der Waals surface area contributed by atoms with E-state index in [-0.39, 0.29) is 5.91 Å². The third kappa shape index (κ3) is 2.49. The number of benzene rings is 1. The molecule has 1 aromatic carbocycles. The molecule has 1 N–H and O–H groups in total. The van der Waals surface area contributed by atoms with E-state index in [9.17, 15) is 4.79 Å². The highest BCUT2D eigenvalue weighted by molar-refractivity contribution is 7.98. The Hall–Kier alpha value is -1.99. The third-order valence-electron chi connectivity index (χ3n) is 4.20. The molecule has 3 heterocycles. The van der Waals surface area contributed by atoms with Crippen LogP contribution in [-0.2, 0) is 10.5 Å². The molecule has 23 heavy (non-hydrogen) atoms. The summed E-state index contributed by atoms with van der Waals surface area (Å²) in [6.07, 6.45) is 0. The van der Waals surface area contributed by atoms with Crippen molar-refractivity contribution in [3.05, 3.63) is 29.5 Å². The molecular formula is C16H17N3O3S. The van der Waals surface area contributed by atoms with Crippen molar-refractivity contribution >= 4 is 17.7 Å². The summed E-state index contributed by atoms with van der Waals surface area (Å²) in [6, 6.07) is 5.94. The molecule has 2 aromatic rings. The molecule has 4 rings (SSSR count). The summed E-state index contributed by atoms with van der Waals surface area (Å²) in [5, 5.41) is 7.37. The van der Waals surface area contributed by atoms with Gasteiger partial charge in [0.2, 0.25) is 0 Å². The molecule has 7 heteroatoms. The molecule has 1 amide bonds. The zero-order chi connectivity index (χ0) is 15.8. The minimum absolute atomic E-state index is 0.0135. The SMILES string of the molecule is COc1ccc2c(c1)SCc1c-2n[nH]c1C(=O)N1CCOCC1. The lowest BCUT2D eigenvalue weighted by Crippen LogP contribution is -2.41. The van der Waals surface area contributed by atoms with Crippen LogP contribution in [-0.4, -0.2) is 54.4 Å². The van der Waals surface area contributed by atoms with Crippen LogP contribution in [0.3, 0.4) is 0 Å². The molecule has 1 saturated heterocycles. The number of hydrogen-bond donors (Lipinski definition) is 1. The lowest BCUT2D eigenvalue weighted by atomic mass is 10.1. The molecule has 0 aliphatic carbocycles. The number of ether oxygens (including phenoxy) is 2. The van der Waals surface area contributed by atoms with Crippen LogP contribution in [0.1, 0.15) is 16.1 Å². The average Bonchev–Trinajstić information content (AvgIpc) is 3.05. The van der Waals surface area contributed by atoms with Gasteiger partial charge < -0.3 is 14.4 Å². The fourth-order valence-corrected chi connectivity index (χ4v) is 4.03. The molecule has 0 atom stereocenters. The van der Waals surface area contributed by atoms with Crippen molar-refractivity contribution in [3.63, 3.8) is 0 Å². The van der Waals surface area contributed by atoms with Gasteiger partial charge in [0, 0.05) is 34.9 Å². The first-order valence-corrected chi connectivity index (χ1v) is 8.52. The molecule has 2 aliphatic heterocycles. The van der Waals surface area contributed by atoms with Crippen LogP contribution in [0.25, 0.3) is 11.3 Å². The molecule has 0 saturated carbocycles. The van der Waals surface area contributed by atoms with E-state index in [1.807, 2.05) is 23.1 Å². The highest BCUT2D eigenvalue weighted by atomic mass is 32.2. The van der Waals surface area contributed by atoms with Crippen LogP contribution in [0, 0.1) is 0 Å². The molecule has 1 fully saturated rings. The maximum atomic E-state index is 12.7. The molecule has 0 radical (unpaired) electrons. The predicted octanol–water partition coefficient (Wildman–Crippen LogP) is 2.16. The first-order chi connectivity index (χ1) is 11.3. The normalized spacial score (nSPS) is 16.7. The largest absolute Gasteiger partial charge is 0.497 e. The number of fused-ring (bicyclic) bond motifs is 3. The Kier molecular flexibility index (Phi) is 3.74. The van der Waals surface area contributed by atoms with Crippen molar-refractivity contribution in [1.29, 1.82) is 0 Å². The number of thioether (sulfide) groups is 1. The monoisotopic (exact) mass is 331 g/mol. The molecular weight excluding hydrogens is 314 g/mol. The number of carbonyl (C=O) groups is 1. The summed E-state index contributed by atoms with van der Waals surface area (Å²) in [7, 11) is 1.66. The maximum Gasteiger partial charge on any atom is 0.272 e. The van der Waals surface area contributed by atoms with Gasteiger partial charge in [-0.05, 0) is 18.2 Å². The number of rotatable bonds is 2. The Labute approximate surface area is 138 Å². The second-order valence-electron chi connectivity index (χ2n) is 5.48. The lowest BCUT2D eigenvalue weighted by molar-refractivity contribution is 0.0298. The Balaban J connectivity index is 1.69. The molecule has 6 nitrogen and oxygen atoms in total. The summed E-state index contributed by atoms with van der Waals surface area (Å²) >= 11 is 1.71. The Bertz CT molecular complexity index is 753. The topological polar surface area (TPSA) is 67.5 Å². The number of amides is 1. The van der Waals surface area contributed by atoms with Gasteiger partial charge in [-0.25, -0.2) is 0 Å². The van der Waals surface area contributed by atoms with Crippen molar-refractivity contribution in [3.8, 4) is 17.0 Å². The van der Waals surface area contributed by atoms with Gasteiger partial charge in [0.15, 0.2) is 0 Å². The maximum absolute atomic E-state index is 12.7. The number of carbonyl (C=O) groups excluding carboxylic acids is 1. The van der Waals surface area contributed by atoms with Crippen molar-refractivity contribution in [2.75, 3.05) is 33.4 Å². The minimum Gasteiger partial charge on any atom is -0.497 e. The standard InChI is InChI=1S/C16H17N3O3S/c1-21-10-2-3-11-13(8-10)23-9-12-14(11)17-18-15(12)16(20)19-4-6-22-7-5-19/h2-3,8H,4-7,9H2,1H3,(H,17,18). The second-order valence-corrected chi connectivity index (χ2v) is 6.50. The third-order valence-corrected chi connectivity index (χ3v) is 5.28. The van der Waals surface area contributed by atoms with Gasteiger partial charge in [-0.3, -0.25) is 9.89 Å². The van der Waals surface area contributed by atoms with Crippen LogP contribution in [0.4, 0.5) is 0 Å². The summed E-state index contributed by atoms with van der Waals surface area (Å²) in [4.78, 5) is 15.7. The first-order valence-electron chi connectivity index (χ1n) is 7.53. The number of morpholine rings is 1. The van der Waals surface area contributed by atoms with Gasteiger partial charge in [-0.2, -0.15) is 5.10 Å². The van der Waals surface area contributed by atoms with E-state index in [0.717, 1.165) is 33.2 Å². The van der Waals surface area contributed by atoms with E-state index >= 15 is 0 Å². The number of hydrogen-bond acceptors (Lipinski definition) is 5. The summed E-state index contributed by atoms with van der Waals surface area (Å²) < 4.78 is 10.6. The number of nitrogens with one attached hydrogen (secondary N) is 1. The summed E-state index contributed by atoms with van der Waals surface area (Å²) in [6.45, 7) is 2.46. The number of aromatic nitrogens is 2. The quantitative estimate of drug-likeness (QED) is 0.913. The highest BCUT2D eigenvalue weighted by Crippen LogP contribution is 2.43. The van der Waals surface area contributed by atoms with Crippen LogP contribution >= 0.6 is 11.8 Å². The number of H-pyrrole nitrogens is 1. The fourth-order valence-electron chi connectivity index (χ4n) is 2.92. The van der Waals surface area contributed by atoms with Crippen LogP contribution in [0.5, 0.6) is 5.75 Å². The van der Waals surface area contributed by atoms with Crippen molar-refractivity contribution in [1.82, 2.24) is 15.1 Å². The van der Waals surface area contributed by atoms with E-state index in [2.05, 4.69) is 10.2 Å². The molecule has 0 bridgehead atoms. The average molecular weight is 331 g/mol. The van der Waals surface area contributed by atoms with Gasteiger partial charge in [0.1, 0.15) is 11.4 Å². The summed E-state index contributed by atoms with van der Waals surface area (Å²) in [5.74, 6) is 1.58. The van der Waals surface area contributed by atoms with E-state index in [1.165, 1.54) is 0 Å². The summed E-state index contributed by atoms with van der Waals surface area (Å²) in [5.41, 5.74) is 3.52. The predicted molar refractivity (Wildman–Crippen MR) is 86.9 cm³/mol. The zero-order valence-corrected chi connectivity index (χ0v) is 13.6. The van der Waals surface area contributed by atoms with Gasteiger partial charge in [0.25, 0.3) is 5.91 Å². The van der Waals surface area contributed by atoms with E-state index in [4.69, 9.17) is 9.47 Å². The van der Waals surface area contributed by atoms with Crippen molar-refractivity contribution < 1.29 is 14.3 Å². The van der Waals surface area contributed by atoms with Gasteiger partial charge in [0.05, 0.1) is 26.0 Å². The van der Waals surface area contributed by atoms with Crippen molar-refractivity contribution in [2.45, 2.75) is 10.6 Å². The number of nitrogens with zero attached hydrogens (tertiary/aromatic N) is 2. The first kappa shape index (κ1) is 14.6. The Morgan fingerprint density at radius 1 is 1.39 bits per heavy atom. The number of aromatic amines is 1. The Morgan fingerprint density at radius 2 is 2.22 bits per heavy atom. The molecule has 0 unspecified atom stereocenters. The minimum atomic E-state index is 0.0135. The zero-order valence-electron chi connectivity index (χ0n) is 12.8. The second kappa shape index (κ2) is 5.90. The van der Waals surface area contributed by atoms with Crippen LogP contribution in [0.2, 0.25) is 0 Å². The van der Waals surface area contributed by atoms with Gasteiger partial charge in [-0.1, -0.05) is 0 Å². The van der Waals surface area contributed by atoms with Crippen LogP contribution < -0.4 is 4.74 Å². The molecule has 1 aromatic heterocycles. The van der Waals surface area contributed by atoms with Gasteiger partial charge >= 0.3 is 0 Å². The molecule has 2 aliphatic rings. The number of methoxy groups -OCH3 is 1. The lowest BCUT2D eigenvalue weighted by Gasteiger charge is -2.27. The molecule has 0 spiro atoms. The molecule has 120 valence electrons. The smallest absolute Gasteiger partial charge is 0.272 e. The van der Waals surface area contributed by atoms with Crippen molar-refractivity contribution in [2.24, 2.45) is 0 Å². The Morgan fingerprint density at radius 3 is 3.00 bits per heavy atom. The van der Waals surface area contributed by atoms with Gasteiger partial charge in [-0.15, -0.1) is 11.8 Å². The van der Waals surface area contributed by atoms with E-state index in [0.29, 0.717) is 32.0 Å². The van der Waals surface area contributed by atoms with E-state index < -0.39 is 0 Å².